The first kappa shape index (κ1) is 14.5. The smallest absolute Gasteiger partial charge is 0.177 e. The van der Waals surface area contributed by atoms with Gasteiger partial charge in [0.1, 0.15) is 33.5 Å². The van der Waals surface area contributed by atoms with Gasteiger partial charge in [0.25, 0.3) is 0 Å². The summed E-state index contributed by atoms with van der Waals surface area (Å²) in [5, 5.41) is 37.2. The zero-order chi connectivity index (χ0) is 13.3. The van der Waals surface area contributed by atoms with Crippen molar-refractivity contribution < 1.29 is 20.1 Å². The Morgan fingerprint density at radius 2 is 2.22 bits per heavy atom. The van der Waals surface area contributed by atoms with E-state index in [1.54, 1.807) is 13.3 Å². The van der Waals surface area contributed by atoms with Crippen molar-refractivity contribution in [2.75, 3.05) is 6.61 Å². The quantitative estimate of drug-likeness (QED) is 0.415. The van der Waals surface area contributed by atoms with Gasteiger partial charge in [0.2, 0.25) is 0 Å². The minimum atomic E-state index is -1.04. The van der Waals surface area contributed by atoms with E-state index in [2.05, 4.69) is 10.3 Å². The Morgan fingerprint density at radius 3 is 2.72 bits per heavy atom. The van der Waals surface area contributed by atoms with Crippen LogP contribution in [0, 0.1) is 3.70 Å². The Kier molecular flexibility index (Phi) is 4.89. The van der Waals surface area contributed by atoms with Gasteiger partial charge in [0.15, 0.2) is 7.12 Å². The molecule has 7 nitrogen and oxygen atoms in total. The molecule has 3 N–H and O–H groups in total. The molecule has 1 aliphatic heterocycles. The summed E-state index contributed by atoms with van der Waals surface area (Å²) in [6.07, 6.45) is -1.06. The molecule has 0 aromatic carbocycles. The summed E-state index contributed by atoms with van der Waals surface area (Å²) in [5.41, 5.74) is -0.516. The molecule has 1 aromatic rings. The fourth-order valence-corrected chi connectivity index (χ4v) is 3.05. The molecule has 0 radical (unpaired) electrons. The molecule has 2 heterocycles. The van der Waals surface area contributed by atoms with Gasteiger partial charge in [-0.05, 0) is 22.6 Å². The molecule has 5 atom stereocenters. The molecule has 0 spiro atoms. The SMILES string of the molecule is BS[C@H]1OC(CO)[C@H](O)C(n2cc(I)nn2)C1O. The van der Waals surface area contributed by atoms with E-state index in [9.17, 15) is 15.3 Å². The van der Waals surface area contributed by atoms with Gasteiger partial charge < -0.3 is 20.1 Å². The molecule has 2 rings (SSSR count). The van der Waals surface area contributed by atoms with Crippen molar-refractivity contribution in [3.05, 3.63) is 9.90 Å². The molecule has 0 saturated carbocycles. The fraction of sp³-hybridized carbons (Fsp3) is 0.750. The maximum Gasteiger partial charge on any atom is 0.177 e. The molecule has 100 valence electrons. The number of hydrogen-bond acceptors (Lipinski definition) is 7. The largest absolute Gasteiger partial charge is 0.394 e. The van der Waals surface area contributed by atoms with Crippen LogP contribution in [0.5, 0.6) is 0 Å². The molecule has 1 aliphatic rings. The van der Waals surface area contributed by atoms with Gasteiger partial charge in [0, 0.05) is 0 Å². The van der Waals surface area contributed by atoms with E-state index in [1.807, 2.05) is 22.6 Å². The van der Waals surface area contributed by atoms with E-state index in [1.165, 1.54) is 16.3 Å². The summed E-state index contributed by atoms with van der Waals surface area (Å²) < 4.78 is 7.51. The van der Waals surface area contributed by atoms with Gasteiger partial charge in [-0.1, -0.05) is 5.21 Å². The van der Waals surface area contributed by atoms with Crippen molar-refractivity contribution >= 4 is 41.3 Å². The first-order chi connectivity index (χ1) is 8.58. The molecule has 18 heavy (non-hydrogen) atoms. The molecule has 0 bridgehead atoms. The van der Waals surface area contributed by atoms with Crippen molar-refractivity contribution in [3.8, 4) is 0 Å². The summed E-state index contributed by atoms with van der Waals surface area (Å²) in [7, 11) is 1.79. The lowest BCUT2D eigenvalue weighted by Crippen LogP contribution is -2.55. The fourth-order valence-electron chi connectivity index (χ4n) is 1.98. The normalized spacial score (nSPS) is 36.8. The number of aliphatic hydroxyl groups excluding tert-OH is 3. The number of aliphatic hydroxyl groups is 3. The van der Waals surface area contributed by atoms with Crippen LogP contribution in [0.1, 0.15) is 6.04 Å². The molecular weight excluding hydrogens is 372 g/mol. The lowest BCUT2D eigenvalue weighted by atomic mass is 9.97. The van der Waals surface area contributed by atoms with Crippen LogP contribution in [0.4, 0.5) is 0 Å². The second-order valence-corrected chi connectivity index (χ2v) is 6.00. The van der Waals surface area contributed by atoms with Crippen molar-refractivity contribution in [2.24, 2.45) is 0 Å². The summed E-state index contributed by atoms with van der Waals surface area (Å²) in [6.45, 7) is -0.312. The number of halogens is 1. The summed E-state index contributed by atoms with van der Waals surface area (Å²) in [4.78, 5) is 0. The topological polar surface area (TPSA) is 101 Å². The Balaban J connectivity index is 2.29. The van der Waals surface area contributed by atoms with Gasteiger partial charge in [-0.3, -0.25) is 0 Å². The van der Waals surface area contributed by atoms with E-state index < -0.39 is 29.8 Å². The molecule has 3 unspecified atom stereocenters. The first-order valence-corrected chi connectivity index (χ1v) is 7.67. The van der Waals surface area contributed by atoms with E-state index >= 15 is 0 Å². The average Bonchev–Trinajstić information content (AvgIpc) is 2.76. The molecule has 0 aliphatic carbocycles. The molecule has 0 amide bonds. The summed E-state index contributed by atoms with van der Waals surface area (Å²) in [5.74, 6) is 0. The molecular formula is C8H13BIN3O4S. The third-order valence-electron chi connectivity index (χ3n) is 2.87. The maximum absolute atomic E-state index is 10.2. The van der Waals surface area contributed by atoms with E-state index in [-0.39, 0.29) is 6.61 Å². The number of hydrogen-bond donors (Lipinski definition) is 3. The molecule has 1 saturated heterocycles. The first-order valence-electron chi connectivity index (χ1n) is 5.31. The predicted molar refractivity (Wildman–Crippen MR) is 75.7 cm³/mol. The van der Waals surface area contributed by atoms with Crippen LogP contribution < -0.4 is 0 Å². The minimum absolute atomic E-state index is 0.312. The predicted octanol–water partition coefficient (Wildman–Crippen LogP) is -1.86. The lowest BCUT2D eigenvalue weighted by molar-refractivity contribution is -0.178. The van der Waals surface area contributed by atoms with Gasteiger partial charge in [-0.25, -0.2) is 4.68 Å². The van der Waals surface area contributed by atoms with Crippen LogP contribution in [-0.4, -0.2) is 67.8 Å². The highest BCUT2D eigenvalue weighted by atomic mass is 127. The highest BCUT2D eigenvalue weighted by Crippen LogP contribution is 2.33. The minimum Gasteiger partial charge on any atom is -0.394 e. The standard InChI is InChI=1S/C8H13BIN3O4S/c9-18-8-7(16)5(6(15)3(2-14)17-8)13-1-4(10)11-12-13/h1,3,5-8,14-16H,2,9H2/t3?,5?,6-,7?,8+/m0/s1. The zero-order valence-electron chi connectivity index (χ0n) is 9.55. The Hall–Kier alpha value is 0.125. The van der Waals surface area contributed by atoms with Crippen molar-refractivity contribution in [1.29, 1.82) is 0 Å². The van der Waals surface area contributed by atoms with Crippen molar-refractivity contribution in [3.63, 3.8) is 0 Å². The van der Waals surface area contributed by atoms with E-state index in [0.717, 1.165) is 0 Å². The summed E-state index contributed by atoms with van der Waals surface area (Å²) in [6, 6.07) is -0.677. The number of rotatable bonds is 3. The third-order valence-corrected chi connectivity index (χ3v) is 4.22. The zero-order valence-corrected chi connectivity index (χ0v) is 12.5. The lowest BCUT2D eigenvalue weighted by Gasteiger charge is -2.41. The average molecular weight is 385 g/mol. The molecule has 1 fully saturated rings. The van der Waals surface area contributed by atoms with Gasteiger partial charge in [0.05, 0.1) is 12.8 Å². The highest BCUT2D eigenvalue weighted by molar-refractivity contribution is 14.1. The van der Waals surface area contributed by atoms with Crippen LogP contribution in [0.25, 0.3) is 0 Å². The van der Waals surface area contributed by atoms with Gasteiger partial charge in [-0.15, -0.1) is 5.10 Å². The Morgan fingerprint density at radius 1 is 1.50 bits per heavy atom. The number of nitrogens with zero attached hydrogens (tertiary/aromatic N) is 3. The Labute approximate surface area is 122 Å². The maximum atomic E-state index is 10.2. The third kappa shape index (κ3) is 2.68. The summed E-state index contributed by atoms with van der Waals surface area (Å²) >= 11 is 3.32. The van der Waals surface area contributed by atoms with E-state index in [4.69, 9.17) is 4.74 Å². The van der Waals surface area contributed by atoms with E-state index in [0.29, 0.717) is 3.70 Å². The van der Waals surface area contributed by atoms with Crippen molar-refractivity contribution in [1.82, 2.24) is 15.0 Å². The molecule has 10 heteroatoms. The van der Waals surface area contributed by atoms with Crippen LogP contribution in [-0.2, 0) is 4.74 Å². The second-order valence-electron chi connectivity index (χ2n) is 3.95. The van der Waals surface area contributed by atoms with Crippen LogP contribution in [0.3, 0.4) is 0 Å². The van der Waals surface area contributed by atoms with Crippen LogP contribution >= 0.6 is 34.2 Å². The van der Waals surface area contributed by atoms with Crippen molar-refractivity contribution in [2.45, 2.75) is 29.8 Å². The highest BCUT2D eigenvalue weighted by Gasteiger charge is 2.45. The van der Waals surface area contributed by atoms with Crippen LogP contribution in [0.2, 0.25) is 0 Å². The van der Waals surface area contributed by atoms with Gasteiger partial charge in [-0.2, -0.15) is 11.6 Å². The van der Waals surface area contributed by atoms with Gasteiger partial charge >= 0.3 is 0 Å². The molecule has 1 aromatic heterocycles. The monoisotopic (exact) mass is 385 g/mol. The number of aromatic nitrogens is 3. The number of ether oxygens (including phenoxy) is 1. The second kappa shape index (κ2) is 6.05. The van der Waals surface area contributed by atoms with Crippen LogP contribution in [0.15, 0.2) is 6.20 Å². The Bertz CT molecular complexity index is 395.